The van der Waals surface area contributed by atoms with Crippen LogP contribution in [0.4, 0.5) is 17.1 Å². The van der Waals surface area contributed by atoms with Gasteiger partial charge in [0.1, 0.15) is 19.8 Å². The van der Waals surface area contributed by atoms with Gasteiger partial charge in [0, 0.05) is 35.6 Å². The number of benzene rings is 3. The van der Waals surface area contributed by atoms with E-state index in [0.717, 1.165) is 45.9 Å². The molecule has 0 atom stereocenters. The average molecular weight is 500 g/mol. The van der Waals surface area contributed by atoms with E-state index in [-0.39, 0.29) is 25.8 Å². The number of esters is 3. The molecule has 0 radical (unpaired) electrons. The van der Waals surface area contributed by atoms with Crippen molar-refractivity contribution in [1.29, 1.82) is 0 Å². The summed E-state index contributed by atoms with van der Waals surface area (Å²) in [5.74, 6) is -1.20. The molecule has 0 aliphatic heterocycles. The largest absolute Gasteiger partial charge is 0.461 e. The lowest BCUT2D eigenvalue weighted by Crippen LogP contribution is -2.11. The second kappa shape index (κ2) is 13.4. The van der Waals surface area contributed by atoms with Crippen LogP contribution in [0.1, 0.15) is 30.0 Å². The van der Waals surface area contributed by atoms with Crippen LogP contribution in [0.2, 0.25) is 0 Å². The fourth-order valence-corrected chi connectivity index (χ4v) is 3.36. The summed E-state index contributed by atoms with van der Waals surface area (Å²) in [4.78, 5) is 36.3. The molecule has 0 saturated carbocycles. The number of anilines is 3. The second-order valence-electron chi connectivity index (χ2n) is 7.97. The maximum Gasteiger partial charge on any atom is 0.330 e. The summed E-state index contributed by atoms with van der Waals surface area (Å²) in [7, 11) is 0. The number of carbonyl (C=O) groups is 3. The molecular weight excluding hydrogens is 470 g/mol. The fourth-order valence-electron chi connectivity index (χ4n) is 3.36. The molecule has 0 bridgehead atoms. The monoisotopic (exact) mass is 499 g/mol. The van der Waals surface area contributed by atoms with Gasteiger partial charge in [0.15, 0.2) is 0 Å². The van der Waals surface area contributed by atoms with Crippen LogP contribution in [0.25, 0.3) is 0 Å². The Morgan fingerprint density at radius 3 is 1.24 bits per heavy atom. The van der Waals surface area contributed by atoms with Gasteiger partial charge in [-0.15, -0.1) is 0 Å². The van der Waals surface area contributed by atoms with Crippen LogP contribution in [0.15, 0.2) is 98.1 Å². The van der Waals surface area contributed by atoms with Crippen LogP contribution in [-0.2, 0) is 48.4 Å². The first-order chi connectivity index (χ1) is 17.9. The Kier molecular flexibility index (Phi) is 9.79. The molecule has 0 N–H and O–H groups in total. The third-order valence-corrected chi connectivity index (χ3v) is 5.37. The number of hydrogen-bond acceptors (Lipinski definition) is 7. The summed E-state index contributed by atoms with van der Waals surface area (Å²) in [6.45, 7) is 9.07. The molecule has 0 amide bonds. The second-order valence-corrected chi connectivity index (χ2v) is 7.97. The predicted octanol–water partition coefficient (Wildman–Crippen LogP) is 6.07. The van der Waals surface area contributed by atoms with Gasteiger partial charge in [-0.1, -0.05) is 56.5 Å². The molecule has 0 heterocycles. The Morgan fingerprint density at radius 1 is 0.622 bits per heavy atom. The summed E-state index contributed by atoms with van der Waals surface area (Å²) in [5.41, 5.74) is 5.22. The fraction of sp³-hybridized carbons (Fsp3) is 0.167. The summed E-state index contributed by atoms with van der Waals surface area (Å²) in [5, 5.41) is 0. The lowest BCUT2D eigenvalue weighted by Gasteiger charge is -2.26. The van der Waals surface area contributed by atoms with E-state index in [1.54, 1.807) is 6.92 Å². The number of rotatable bonds is 12. The highest BCUT2D eigenvalue weighted by Crippen LogP contribution is 2.35. The first kappa shape index (κ1) is 26.9. The molecule has 0 aromatic heterocycles. The smallest absolute Gasteiger partial charge is 0.330 e. The van der Waals surface area contributed by atoms with Crippen molar-refractivity contribution < 1.29 is 28.6 Å². The highest BCUT2D eigenvalue weighted by atomic mass is 16.5. The molecule has 7 heteroatoms. The van der Waals surface area contributed by atoms with E-state index >= 15 is 0 Å². The van der Waals surface area contributed by atoms with Gasteiger partial charge in [-0.3, -0.25) is 4.79 Å². The van der Waals surface area contributed by atoms with Crippen LogP contribution >= 0.6 is 0 Å². The Labute approximate surface area is 216 Å². The quantitative estimate of drug-likeness (QED) is 0.170. The highest BCUT2D eigenvalue weighted by molar-refractivity contribution is 5.81. The molecular formula is C30H29NO6. The molecule has 0 unspecified atom stereocenters. The van der Waals surface area contributed by atoms with E-state index in [4.69, 9.17) is 14.2 Å². The molecule has 0 fully saturated rings. The average Bonchev–Trinajstić information content (AvgIpc) is 2.95. The van der Waals surface area contributed by atoms with Crippen LogP contribution in [0, 0.1) is 0 Å². The van der Waals surface area contributed by atoms with Gasteiger partial charge in [-0.25, -0.2) is 9.59 Å². The lowest BCUT2D eigenvalue weighted by molar-refractivity contribution is -0.144. The van der Waals surface area contributed by atoms with Crippen molar-refractivity contribution in [2.45, 2.75) is 33.2 Å². The van der Waals surface area contributed by atoms with E-state index in [1.807, 2.05) is 72.8 Å². The predicted molar refractivity (Wildman–Crippen MR) is 141 cm³/mol. The zero-order chi connectivity index (χ0) is 26.6. The zero-order valence-electron chi connectivity index (χ0n) is 20.7. The molecule has 0 saturated heterocycles. The van der Waals surface area contributed by atoms with E-state index in [0.29, 0.717) is 6.42 Å². The van der Waals surface area contributed by atoms with Crippen LogP contribution in [-0.4, -0.2) is 17.9 Å². The van der Waals surface area contributed by atoms with Crippen molar-refractivity contribution >= 4 is 35.0 Å². The number of nitrogens with zero attached hydrogens (tertiary/aromatic N) is 1. The Morgan fingerprint density at radius 2 is 0.946 bits per heavy atom. The lowest BCUT2D eigenvalue weighted by atomic mass is 10.1. The molecule has 3 aromatic rings. The normalized spacial score (nSPS) is 10.2. The molecule has 0 aliphatic rings. The topological polar surface area (TPSA) is 82.1 Å². The first-order valence-corrected chi connectivity index (χ1v) is 11.7. The van der Waals surface area contributed by atoms with Crippen LogP contribution in [0.5, 0.6) is 0 Å². The highest BCUT2D eigenvalue weighted by Gasteiger charge is 2.13. The Bertz CT molecular complexity index is 1160. The third kappa shape index (κ3) is 7.93. The minimum absolute atomic E-state index is 0.147. The summed E-state index contributed by atoms with van der Waals surface area (Å²) in [6.07, 6.45) is 2.59. The maximum absolute atomic E-state index is 11.5. The van der Waals surface area contributed by atoms with Gasteiger partial charge in [0.25, 0.3) is 0 Å². The van der Waals surface area contributed by atoms with Gasteiger partial charge in [-0.05, 0) is 53.1 Å². The minimum atomic E-state index is -0.478. The number of hydrogen-bond donors (Lipinski definition) is 0. The van der Waals surface area contributed by atoms with Crippen molar-refractivity contribution in [2.75, 3.05) is 4.90 Å². The first-order valence-electron chi connectivity index (χ1n) is 11.7. The van der Waals surface area contributed by atoms with Crippen LogP contribution in [0.3, 0.4) is 0 Å². The van der Waals surface area contributed by atoms with Crippen LogP contribution < -0.4 is 4.90 Å². The standard InChI is InChI=1S/C30H29NO6/c1-4-28(32)35-19-22-7-13-25(14-8-22)31(26-15-9-23(10-16-26)20-36-29(33)5-2)27-17-11-24(12-18-27)21-37-30(34)6-3/h4-5,7-18H,1-2,6,19-21H2,3H3. The van der Waals surface area contributed by atoms with E-state index in [9.17, 15) is 14.4 Å². The molecule has 37 heavy (non-hydrogen) atoms. The minimum Gasteiger partial charge on any atom is -0.461 e. The number of carbonyl (C=O) groups excluding carboxylic acids is 3. The van der Waals surface area contributed by atoms with Crippen molar-refractivity contribution in [3.05, 3.63) is 115 Å². The van der Waals surface area contributed by atoms with Crippen molar-refractivity contribution in [2.24, 2.45) is 0 Å². The van der Waals surface area contributed by atoms with Crippen molar-refractivity contribution in [3.8, 4) is 0 Å². The maximum atomic E-state index is 11.5. The molecule has 3 aromatic carbocycles. The van der Waals surface area contributed by atoms with Gasteiger partial charge < -0.3 is 19.1 Å². The van der Waals surface area contributed by atoms with Crippen molar-refractivity contribution in [1.82, 2.24) is 0 Å². The summed E-state index contributed by atoms with van der Waals surface area (Å²) < 4.78 is 15.5. The molecule has 3 rings (SSSR count). The van der Waals surface area contributed by atoms with Gasteiger partial charge in [0.05, 0.1) is 0 Å². The Hall–Kier alpha value is -4.65. The molecule has 0 spiro atoms. The molecule has 0 aliphatic carbocycles. The molecule has 7 nitrogen and oxygen atoms in total. The summed E-state index contributed by atoms with van der Waals surface area (Å²) >= 11 is 0. The zero-order valence-corrected chi connectivity index (χ0v) is 20.7. The third-order valence-electron chi connectivity index (χ3n) is 5.37. The van der Waals surface area contributed by atoms with Gasteiger partial charge in [0.2, 0.25) is 0 Å². The SMILES string of the molecule is C=CC(=O)OCc1ccc(N(c2ccc(COC(=O)C=C)cc2)c2ccc(COC(=O)CC)cc2)cc1. The Balaban J connectivity index is 1.86. The number of ether oxygens (including phenoxy) is 3. The van der Waals surface area contributed by atoms with E-state index in [2.05, 4.69) is 18.1 Å². The molecule has 190 valence electrons. The van der Waals surface area contributed by atoms with Gasteiger partial charge in [-0.2, -0.15) is 0 Å². The van der Waals surface area contributed by atoms with E-state index < -0.39 is 11.9 Å². The summed E-state index contributed by atoms with van der Waals surface area (Å²) in [6, 6.07) is 23.0. The van der Waals surface area contributed by atoms with E-state index in [1.165, 1.54) is 0 Å². The van der Waals surface area contributed by atoms with Crippen molar-refractivity contribution in [3.63, 3.8) is 0 Å². The van der Waals surface area contributed by atoms with Gasteiger partial charge >= 0.3 is 17.9 Å².